The van der Waals surface area contributed by atoms with E-state index in [2.05, 4.69) is 0 Å². The van der Waals surface area contributed by atoms with Crippen LogP contribution in [0, 0.1) is 10.1 Å². The lowest BCUT2D eigenvalue weighted by Gasteiger charge is -2.24. The summed E-state index contributed by atoms with van der Waals surface area (Å²) in [5.74, 6) is 0.551. The van der Waals surface area contributed by atoms with E-state index < -0.39 is 16.9 Å². The normalized spacial score (nSPS) is 14.7. The fraction of sp³-hybridized carbons (Fsp3) is 0.129. The van der Waals surface area contributed by atoms with Gasteiger partial charge in [0, 0.05) is 22.6 Å². The molecule has 1 atom stereocenters. The maximum Gasteiger partial charge on any atom is 0.338 e. The minimum absolute atomic E-state index is 0.106. The predicted molar refractivity (Wildman–Crippen MR) is 163 cm³/mol. The van der Waals surface area contributed by atoms with E-state index in [4.69, 9.17) is 18.9 Å². The molecule has 0 radical (unpaired) electrons. The lowest BCUT2D eigenvalue weighted by Crippen LogP contribution is -2.39. The van der Waals surface area contributed by atoms with E-state index in [1.54, 1.807) is 31.2 Å². The number of thiazole rings is 1. The van der Waals surface area contributed by atoms with Gasteiger partial charge >= 0.3 is 5.97 Å². The Bertz CT molecular complexity index is 2060. The molecule has 43 heavy (non-hydrogen) atoms. The van der Waals surface area contributed by atoms with Gasteiger partial charge in [0.1, 0.15) is 23.3 Å². The van der Waals surface area contributed by atoms with Crippen LogP contribution in [-0.4, -0.2) is 29.2 Å². The number of hydrogen-bond acceptors (Lipinski definition) is 10. The third kappa shape index (κ3) is 5.22. The summed E-state index contributed by atoms with van der Waals surface area (Å²) in [6.07, 6.45) is 1.62. The lowest BCUT2D eigenvalue weighted by molar-refractivity contribution is -0.384. The van der Waals surface area contributed by atoms with Crippen LogP contribution >= 0.6 is 22.7 Å². The van der Waals surface area contributed by atoms with Crippen molar-refractivity contribution in [2.45, 2.75) is 13.0 Å². The Kier molecular flexibility index (Phi) is 7.61. The van der Waals surface area contributed by atoms with Gasteiger partial charge in [-0.05, 0) is 36.6 Å². The number of nitro benzene ring substituents is 1. The number of non-ortho nitro benzene ring substituents is 1. The van der Waals surface area contributed by atoms with Crippen LogP contribution in [0.5, 0.6) is 5.75 Å². The molecule has 0 unspecified atom stereocenters. The van der Waals surface area contributed by atoms with E-state index in [1.165, 1.54) is 46.5 Å². The monoisotopic (exact) mass is 613 g/mol. The van der Waals surface area contributed by atoms with Crippen LogP contribution in [0.25, 0.3) is 23.1 Å². The van der Waals surface area contributed by atoms with Gasteiger partial charge in [-0.25, -0.2) is 9.79 Å². The molecule has 4 heterocycles. The number of fused-ring (bicyclic) bond motifs is 1. The number of methoxy groups -OCH3 is 1. The highest BCUT2D eigenvalue weighted by molar-refractivity contribution is 7.10. The molecule has 0 bridgehead atoms. The van der Waals surface area contributed by atoms with Gasteiger partial charge in [-0.1, -0.05) is 47.7 Å². The maximum atomic E-state index is 14.0. The van der Waals surface area contributed by atoms with Gasteiger partial charge in [-0.15, -0.1) is 11.3 Å². The second-order valence-corrected chi connectivity index (χ2v) is 11.3. The summed E-state index contributed by atoms with van der Waals surface area (Å²) in [4.78, 5) is 44.1. The highest BCUT2D eigenvalue weighted by atomic mass is 32.1. The van der Waals surface area contributed by atoms with E-state index in [0.29, 0.717) is 37.7 Å². The number of ether oxygens (including phenoxy) is 2. The van der Waals surface area contributed by atoms with Gasteiger partial charge in [0.05, 0.1) is 46.1 Å². The molecule has 5 aromatic rings. The Hall–Kier alpha value is -5.07. The molecule has 0 aliphatic carbocycles. The van der Waals surface area contributed by atoms with Crippen LogP contribution in [0.1, 0.15) is 29.2 Å². The number of aromatic nitrogens is 1. The fourth-order valence-electron chi connectivity index (χ4n) is 4.86. The zero-order chi connectivity index (χ0) is 30.1. The van der Waals surface area contributed by atoms with Crippen molar-refractivity contribution in [1.82, 2.24) is 4.57 Å². The number of furan rings is 1. The van der Waals surface area contributed by atoms with E-state index >= 15 is 0 Å². The summed E-state index contributed by atoms with van der Waals surface area (Å²) in [6, 6.07) is 20.0. The molecule has 1 aliphatic rings. The van der Waals surface area contributed by atoms with Gasteiger partial charge < -0.3 is 13.9 Å². The molecule has 0 fully saturated rings. The molecule has 0 saturated carbocycles. The molecule has 216 valence electrons. The van der Waals surface area contributed by atoms with Crippen LogP contribution in [0.4, 0.5) is 5.69 Å². The highest BCUT2D eigenvalue weighted by Gasteiger charge is 2.35. The number of benzene rings is 2. The van der Waals surface area contributed by atoms with Crippen molar-refractivity contribution < 1.29 is 23.6 Å². The predicted octanol–water partition coefficient (Wildman–Crippen LogP) is 5.17. The second-order valence-electron chi connectivity index (χ2n) is 9.29. The summed E-state index contributed by atoms with van der Waals surface area (Å²) >= 11 is 2.63. The average molecular weight is 614 g/mol. The molecule has 1 aliphatic heterocycles. The molecule has 6 rings (SSSR count). The summed E-state index contributed by atoms with van der Waals surface area (Å²) in [7, 11) is 1.42. The van der Waals surface area contributed by atoms with Crippen LogP contribution in [0.3, 0.4) is 0 Å². The van der Waals surface area contributed by atoms with Crippen LogP contribution < -0.4 is 19.6 Å². The molecule has 12 heteroatoms. The first-order valence-corrected chi connectivity index (χ1v) is 14.8. The topological polar surface area (TPSA) is 126 Å². The molecule has 10 nitrogen and oxygen atoms in total. The molecular formula is C31H23N3O7S2. The summed E-state index contributed by atoms with van der Waals surface area (Å²) in [6.45, 7) is 1.91. The third-order valence-electron chi connectivity index (χ3n) is 6.75. The number of nitrogens with zero attached hydrogens (tertiary/aromatic N) is 3. The molecule has 0 saturated heterocycles. The SMILES string of the molecule is CCOC(=O)C1=C(c2ccccc2)N=c2s/c(=C\c3ccc(-c4ccc([N+](=O)[O-])cc4OC)o3)c(=O)n2[C@H]1c1cccs1. The summed E-state index contributed by atoms with van der Waals surface area (Å²) < 4.78 is 18.7. The number of nitro groups is 1. The Labute approximate surface area is 252 Å². The highest BCUT2D eigenvalue weighted by Crippen LogP contribution is 2.37. The number of hydrogen-bond donors (Lipinski definition) is 0. The lowest BCUT2D eigenvalue weighted by atomic mass is 9.97. The first kappa shape index (κ1) is 28.1. The van der Waals surface area contributed by atoms with Crippen molar-refractivity contribution in [3.05, 3.63) is 130 Å². The number of esters is 1. The quantitative estimate of drug-likeness (QED) is 0.134. The number of thiophene rings is 1. The molecule has 0 amide bonds. The van der Waals surface area contributed by atoms with Gasteiger partial charge in [0.25, 0.3) is 11.2 Å². The minimum atomic E-state index is -0.732. The van der Waals surface area contributed by atoms with Crippen molar-refractivity contribution in [2.75, 3.05) is 13.7 Å². The Balaban J connectivity index is 1.50. The van der Waals surface area contributed by atoms with Crippen molar-refractivity contribution in [2.24, 2.45) is 4.99 Å². The summed E-state index contributed by atoms with van der Waals surface area (Å²) in [5.41, 5.74) is 1.57. The first-order valence-electron chi connectivity index (χ1n) is 13.1. The van der Waals surface area contributed by atoms with Crippen molar-refractivity contribution in [1.29, 1.82) is 0 Å². The van der Waals surface area contributed by atoms with E-state index in [-0.39, 0.29) is 23.6 Å². The molecule has 2 aromatic carbocycles. The first-order chi connectivity index (χ1) is 20.9. The van der Waals surface area contributed by atoms with Gasteiger partial charge in [-0.3, -0.25) is 19.5 Å². The van der Waals surface area contributed by atoms with E-state index in [1.807, 2.05) is 47.8 Å². The van der Waals surface area contributed by atoms with E-state index in [9.17, 15) is 19.7 Å². The molecular weight excluding hydrogens is 590 g/mol. The largest absolute Gasteiger partial charge is 0.496 e. The second kappa shape index (κ2) is 11.7. The fourth-order valence-corrected chi connectivity index (χ4v) is 6.66. The molecule has 0 N–H and O–H groups in total. The maximum absolute atomic E-state index is 14.0. The van der Waals surface area contributed by atoms with Crippen molar-refractivity contribution in [3.63, 3.8) is 0 Å². The number of carbonyl (C=O) groups excluding carboxylic acids is 1. The Morgan fingerprint density at radius 3 is 2.65 bits per heavy atom. The van der Waals surface area contributed by atoms with Crippen molar-refractivity contribution >= 4 is 46.1 Å². The van der Waals surface area contributed by atoms with Gasteiger partial charge in [0.2, 0.25) is 0 Å². The molecule has 3 aromatic heterocycles. The summed E-state index contributed by atoms with van der Waals surface area (Å²) in [5, 5.41) is 13.1. The zero-order valence-electron chi connectivity index (χ0n) is 22.9. The third-order valence-corrected chi connectivity index (χ3v) is 8.66. The van der Waals surface area contributed by atoms with Gasteiger partial charge in [0.15, 0.2) is 4.80 Å². The smallest absolute Gasteiger partial charge is 0.338 e. The van der Waals surface area contributed by atoms with Crippen LogP contribution in [0.15, 0.2) is 98.0 Å². The standard InChI is InChI=1S/C31H23N3O7S2/c1-3-40-30(36)26-27(18-8-5-4-6-9-18)32-31-33(28(26)24-10-7-15-42-24)29(35)25(43-31)17-20-12-14-22(41-20)21-13-11-19(34(37)38)16-23(21)39-2/h4-17,28H,3H2,1-2H3/b25-17-/t28-/m0/s1. The molecule has 0 spiro atoms. The Morgan fingerprint density at radius 1 is 1.14 bits per heavy atom. The Morgan fingerprint density at radius 2 is 1.95 bits per heavy atom. The average Bonchev–Trinajstić information content (AvgIpc) is 3.78. The van der Waals surface area contributed by atoms with Crippen molar-refractivity contribution in [3.8, 4) is 17.1 Å². The van der Waals surface area contributed by atoms with E-state index in [0.717, 1.165) is 10.4 Å². The minimum Gasteiger partial charge on any atom is -0.496 e. The zero-order valence-corrected chi connectivity index (χ0v) is 24.5. The number of rotatable bonds is 8. The van der Waals surface area contributed by atoms with Gasteiger partial charge in [-0.2, -0.15) is 0 Å². The number of carbonyl (C=O) groups is 1. The van der Waals surface area contributed by atoms with Crippen LogP contribution in [-0.2, 0) is 9.53 Å². The van der Waals surface area contributed by atoms with Crippen LogP contribution in [0.2, 0.25) is 0 Å².